The highest BCUT2D eigenvalue weighted by molar-refractivity contribution is 6.32. The largest absolute Gasteiger partial charge is 0.365 e. The molecule has 0 aliphatic heterocycles. The SMILES string of the molecule is Cc1nn(C)c2nc(CN/C(=C\C#N)N(c3cc(Cl)nc(Cl)c3)C(C)C)cc(C(C)C)c12. The third-order valence-corrected chi connectivity index (χ3v) is 5.52. The van der Waals surface area contributed by atoms with Crippen molar-refractivity contribution in [2.24, 2.45) is 7.05 Å². The standard InChI is InChI=1S/C23H27Cl2N7/c1-13(2)18-9-16(28-23-22(18)15(5)30-31(23)6)12-27-21(7-8-26)32(14(3)4)17-10-19(24)29-20(25)11-17/h7,9-11,13-14,27H,12H2,1-6H3/b21-7+. The van der Waals surface area contributed by atoms with Crippen LogP contribution in [0.15, 0.2) is 30.1 Å². The molecule has 1 N–H and O–H groups in total. The highest BCUT2D eigenvalue weighted by Gasteiger charge is 2.19. The summed E-state index contributed by atoms with van der Waals surface area (Å²) >= 11 is 12.3. The molecule has 0 radical (unpaired) electrons. The van der Waals surface area contributed by atoms with Crippen LogP contribution in [0.3, 0.4) is 0 Å². The van der Waals surface area contributed by atoms with Crippen LogP contribution in [0, 0.1) is 18.3 Å². The van der Waals surface area contributed by atoms with Crippen LogP contribution in [0.5, 0.6) is 0 Å². The fourth-order valence-electron chi connectivity index (χ4n) is 3.83. The van der Waals surface area contributed by atoms with Gasteiger partial charge in [-0.3, -0.25) is 4.68 Å². The molecule has 168 valence electrons. The zero-order valence-electron chi connectivity index (χ0n) is 19.1. The topological polar surface area (TPSA) is 82.7 Å². The number of nitriles is 1. The van der Waals surface area contributed by atoms with Gasteiger partial charge in [0.2, 0.25) is 0 Å². The van der Waals surface area contributed by atoms with Gasteiger partial charge in [-0.15, -0.1) is 0 Å². The van der Waals surface area contributed by atoms with E-state index in [2.05, 4.69) is 41.4 Å². The molecule has 0 amide bonds. The Hall–Kier alpha value is -2.82. The Bertz CT molecular complexity index is 1190. The van der Waals surface area contributed by atoms with Crippen molar-refractivity contribution in [2.75, 3.05) is 4.90 Å². The molecule has 3 aromatic rings. The molecular formula is C23H27Cl2N7. The van der Waals surface area contributed by atoms with Crippen LogP contribution < -0.4 is 10.2 Å². The van der Waals surface area contributed by atoms with Crippen LogP contribution in [0.2, 0.25) is 10.3 Å². The first-order chi connectivity index (χ1) is 15.1. The number of anilines is 1. The van der Waals surface area contributed by atoms with Crippen LogP contribution in [-0.4, -0.2) is 25.8 Å². The third kappa shape index (κ3) is 4.98. The fourth-order valence-corrected chi connectivity index (χ4v) is 4.28. The predicted molar refractivity (Wildman–Crippen MR) is 130 cm³/mol. The number of halogens is 2. The van der Waals surface area contributed by atoms with Gasteiger partial charge in [0, 0.05) is 24.2 Å². The first-order valence-electron chi connectivity index (χ1n) is 10.4. The van der Waals surface area contributed by atoms with Gasteiger partial charge < -0.3 is 10.2 Å². The summed E-state index contributed by atoms with van der Waals surface area (Å²) in [5, 5.41) is 19.0. The number of aryl methyl sites for hydroxylation is 2. The number of nitrogens with one attached hydrogen (secondary N) is 1. The molecule has 3 heterocycles. The van der Waals surface area contributed by atoms with Gasteiger partial charge in [-0.1, -0.05) is 37.0 Å². The van der Waals surface area contributed by atoms with E-state index >= 15 is 0 Å². The number of pyridine rings is 2. The summed E-state index contributed by atoms with van der Waals surface area (Å²) in [7, 11) is 1.90. The van der Waals surface area contributed by atoms with Gasteiger partial charge in [0.1, 0.15) is 16.1 Å². The van der Waals surface area contributed by atoms with E-state index in [1.807, 2.05) is 37.4 Å². The minimum Gasteiger partial charge on any atom is -0.365 e. The smallest absolute Gasteiger partial charge is 0.158 e. The number of allylic oxidation sites excluding steroid dienone is 1. The third-order valence-electron chi connectivity index (χ3n) is 5.13. The summed E-state index contributed by atoms with van der Waals surface area (Å²) < 4.78 is 1.81. The molecule has 9 heteroatoms. The Morgan fingerprint density at radius 3 is 2.41 bits per heavy atom. The number of hydrogen-bond donors (Lipinski definition) is 1. The Balaban J connectivity index is 1.98. The van der Waals surface area contributed by atoms with Crippen LogP contribution in [0.4, 0.5) is 5.69 Å². The predicted octanol–water partition coefficient (Wildman–Crippen LogP) is 5.47. The molecule has 32 heavy (non-hydrogen) atoms. The van der Waals surface area contributed by atoms with Crippen molar-refractivity contribution in [2.45, 2.75) is 53.1 Å². The first-order valence-corrected chi connectivity index (χ1v) is 11.2. The van der Waals surface area contributed by atoms with Gasteiger partial charge >= 0.3 is 0 Å². The maximum atomic E-state index is 9.43. The summed E-state index contributed by atoms with van der Waals surface area (Å²) in [6.07, 6.45) is 1.47. The van der Waals surface area contributed by atoms with Gasteiger partial charge in [0.05, 0.1) is 30.1 Å². The van der Waals surface area contributed by atoms with Crippen LogP contribution >= 0.6 is 23.2 Å². The maximum absolute atomic E-state index is 9.43. The monoisotopic (exact) mass is 471 g/mol. The Morgan fingerprint density at radius 1 is 1.19 bits per heavy atom. The lowest BCUT2D eigenvalue weighted by molar-refractivity contribution is 0.669. The van der Waals surface area contributed by atoms with Gasteiger partial charge in [-0.2, -0.15) is 10.4 Å². The van der Waals surface area contributed by atoms with E-state index in [1.54, 1.807) is 12.1 Å². The lowest BCUT2D eigenvalue weighted by atomic mass is 9.99. The van der Waals surface area contributed by atoms with Gasteiger partial charge in [0.15, 0.2) is 5.65 Å². The molecule has 0 saturated carbocycles. The molecule has 0 aromatic carbocycles. The molecular weight excluding hydrogens is 445 g/mol. The minimum atomic E-state index is 0.0259. The highest BCUT2D eigenvalue weighted by Crippen LogP contribution is 2.29. The lowest BCUT2D eigenvalue weighted by Crippen LogP contribution is -2.37. The number of rotatable bonds is 7. The first kappa shape index (κ1) is 23.8. The summed E-state index contributed by atoms with van der Waals surface area (Å²) in [5.74, 6) is 0.944. The zero-order chi connectivity index (χ0) is 23.6. The molecule has 0 bridgehead atoms. The van der Waals surface area contributed by atoms with Crippen LogP contribution in [0.25, 0.3) is 11.0 Å². The van der Waals surface area contributed by atoms with Crippen LogP contribution in [0.1, 0.15) is 50.6 Å². The average molecular weight is 472 g/mol. The fraction of sp³-hybridized carbons (Fsp3) is 0.391. The average Bonchev–Trinajstić information content (AvgIpc) is 2.98. The second-order valence-electron chi connectivity index (χ2n) is 8.21. The lowest BCUT2D eigenvalue weighted by Gasteiger charge is -2.31. The van der Waals surface area contributed by atoms with Crippen molar-refractivity contribution in [3.63, 3.8) is 0 Å². The quantitative estimate of drug-likeness (QED) is 0.363. The second kappa shape index (κ2) is 9.76. The molecule has 0 aliphatic carbocycles. The van der Waals surface area contributed by atoms with Gasteiger partial charge in [0.25, 0.3) is 0 Å². The zero-order valence-corrected chi connectivity index (χ0v) is 20.6. The van der Waals surface area contributed by atoms with Gasteiger partial charge in [-0.25, -0.2) is 9.97 Å². The molecule has 0 saturated heterocycles. The van der Waals surface area contributed by atoms with Crippen LogP contribution in [-0.2, 0) is 13.6 Å². The summed E-state index contributed by atoms with van der Waals surface area (Å²) in [4.78, 5) is 10.8. The van der Waals surface area contributed by atoms with E-state index in [0.717, 1.165) is 28.1 Å². The molecule has 0 fully saturated rings. The number of nitrogens with zero attached hydrogens (tertiary/aromatic N) is 6. The number of aromatic nitrogens is 4. The van der Waals surface area contributed by atoms with E-state index in [4.69, 9.17) is 28.2 Å². The Labute approximate surface area is 198 Å². The molecule has 3 aromatic heterocycles. The van der Waals surface area contributed by atoms with E-state index in [-0.39, 0.29) is 16.3 Å². The van der Waals surface area contributed by atoms with E-state index < -0.39 is 0 Å². The maximum Gasteiger partial charge on any atom is 0.158 e. The van der Waals surface area contributed by atoms with E-state index in [0.29, 0.717) is 18.3 Å². The second-order valence-corrected chi connectivity index (χ2v) is 8.99. The van der Waals surface area contributed by atoms with Crippen molar-refractivity contribution in [3.05, 3.63) is 57.4 Å². The Morgan fingerprint density at radius 2 is 1.84 bits per heavy atom. The number of hydrogen-bond acceptors (Lipinski definition) is 6. The summed E-state index contributed by atoms with van der Waals surface area (Å²) in [6.45, 7) is 10.8. The molecule has 3 rings (SSSR count). The molecule has 0 spiro atoms. The van der Waals surface area contributed by atoms with Crippen molar-refractivity contribution in [1.29, 1.82) is 5.26 Å². The van der Waals surface area contributed by atoms with Crippen molar-refractivity contribution >= 4 is 39.9 Å². The molecule has 7 nitrogen and oxygen atoms in total. The highest BCUT2D eigenvalue weighted by atomic mass is 35.5. The van der Waals surface area contributed by atoms with Crippen molar-refractivity contribution in [3.8, 4) is 6.07 Å². The van der Waals surface area contributed by atoms with E-state index in [9.17, 15) is 5.26 Å². The van der Waals surface area contributed by atoms with E-state index in [1.165, 1.54) is 11.6 Å². The molecule has 0 aliphatic rings. The summed E-state index contributed by atoms with van der Waals surface area (Å²) in [5.41, 5.74) is 4.64. The molecule has 0 unspecified atom stereocenters. The van der Waals surface area contributed by atoms with Crippen molar-refractivity contribution < 1.29 is 0 Å². The minimum absolute atomic E-state index is 0.0259. The summed E-state index contributed by atoms with van der Waals surface area (Å²) in [6, 6.07) is 7.71. The molecule has 0 atom stereocenters. The number of fused-ring (bicyclic) bond motifs is 1. The normalized spacial score (nSPS) is 12.0. The van der Waals surface area contributed by atoms with Crippen molar-refractivity contribution in [1.82, 2.24) is 25.1 Å². The Kier molecular flexibility index (Phi) is 7.27. The van der Waals surface area contributed by atoms with Gasteiger partial charge in [-0.05, 0) is 50.5 Å².